The molecule has 0 bridgehead atoms. The normalized spacial score (nSPS) is 12.9. The van der Waals surface area contributed by atoms with Crippen LogP contribution in [0.4, 0.5) is 0 Å². The zero-order chi connectivity index (χ0) is 19.0. The topological polar surface area (TPSA) is 80.6 Å². The van der Waals surface area contributed by atoms with Crippen molar-refractivity contribution in [3.8, 4) is 23.3 Å². The average Bonchev–Trinajstić information content (AvgIpc) is 2.60. The molecule has 0 fully saturated rings. The van der Waals surface area contributed by atoms with Gasteiger partial charge in [-0.3, -0.25) is 4.79 Å². The number of methoxy groups -OCH3 is 3. The smallest absolute Gasteiger partial charge is 0.216 e. The van der Waals surface area contributed by atoms with E-state index in [1.165, 1.54) is 6.92 Å². The molecular formula is C19H28N2O4. The molecule has 1 aromatic rings. The number of carbonyl (C=O) groups is 1. The van der Waals surface area contributed by atoms with Crippen LogP contribution in [0.2, 0.25) is 0 Å². The van der Waals surface area contributed by atoms with Gasteiger partial charge in [0.05, 0.1) is 32.8 Å². The summed E-state index contributed by atoms with van der Waals surface area (Å²) in [5.41, 5.74) is 0.105. The molecule has 6 heteroatoms. The molecular weight excluding hydrogens is 320 g/mol. The van der Waals surface area contributed by atoms with Crippen molar-refractivity contribution in [2.75, 3.05) is 27.9 Å². The summed E-state index contributed by atoms with van der Waals surface area (Å²) < 4.78 is 16.2. The maximum Gasteiger partial charge on any atom is 0.216 e. The van der Waals surface area contributed by atoms with Crippen molar-refractivity contribution in [1.82, 2.24) is 5.32 Å². The molecule has 1 aromatic carbocycles. The van der Waals surface area contributed by atoms with E-state index in [1.54, 1.807) is 21.3 Å². The predicted molar refractivity (Wildman–Crippen MR) is 96.1 cm³/mol. The number of rotatable bonds is 9. The van der Waals surface area contributed by atoms with Crippen molar-refractivity contribution in [1.29, 1.82) is 5.26 Å². The lowest BCUT2D eigenvalue weighted by Gasteiger charge is -2.32. The Hall–Kier alpha value is -2.42. The lowest BCUT2D eigenvalue weighted by molar-refractivity contribution is -0.118. The van der Waals surface area contributed by atoms with Gasteiger partial charge in [0, 0.05) is 13.5 Å². The summed E-state index contributed by atoms with van der Waals surface area (Å²) in [5, 5.41) is 12.8. The molecule has 0 aromatic heterocycles. The molecule has 25 heavy (non-hydrogen) atoms. The number of amides is 1. The minimum absolute atomic E-state index is 0.0673. The maximum absolute atomic E-state index is 11.1. The lowest BCUT2D eigenvalue weighted by atomic mass is 9.69. The van der Waals surface area contributed by atoms with Gasteiger partial charge in [-0.2, -0.15) is 5.26 Å². The molecule has 0 aliphatic rings. The maximum atomic E-state index is 11.1. The number of carbonyl (C=O) groups excluding carboxylic acids is 1. The van der Waals surface area contributed by atoms with E-state index in [9.17, 15) is 10.1 Å². The summed E-state index contributed by atoms with van der Waals surface area (Å²) in [5.74, 6) is 1.55. The number of benzene rings is 1. The lowest BCUT2D eigenvalue weighted by Crippen LogP contribution is -2.32. The first kappa shape index (κ1) is 20.6. The molecule has 0 spiro atoms. The molecule has 1 rings (SSSR count). The highest BCUT2D eigenvalue weighted by molar-refractivity contribution is 5.72. The minimum Gasteiger partial charge on any atom is -0.493 e. The summed E-state index contributed by atoms with van der Waals surface area (Å²) >= 11 is 0. The number of hydrogen-bond acceptors (Lipinski definition) is 5. The van der Waals surface area contributed by atoms with E-state index < -0.39 is 5.41 Å². The molecule has 6 nitrogen and oxygen atoms in total. The first-order valence-electron chi connectivity index (χ1n) is 8.32. The fourth-order valence-corrected chi connectivity index (χ4v) is 2.99. The summed E-state index contributed by atoms with van der Waals surface area (Å²) in [7, 11) is 4.66. The van der Waals surface area contributed by atoms with E-state index in [2.05, 4.69) is 11.4 Å². The van der Waals surface area contributed by atoms with Crippen LogP contribution < -0.4 is 19.5 Å². The third-order valence-corrected chi connectivity index (χ3v) is 4.49. The molecule has 0 heterocycles. The highest BCUT2D eigenvalue weighted by Gasteiger charge is 2.37. The molecule has 1 N–H and O–H groups in total. The Bertz CT molecular complexity index is 612. The van der Waals surface area contributed by atoms with Crippen molar-refractivity contribution in [2.24, 2.45) is 5.92 Å². The molecule has 0 aliphatic carbocycles. The van der Waals surface area contributed by atoms with Crippen molar-refractivity contribution >= 4 is 5.91 Å². The average molecular weight is 348 g/mol. The second-order valence-corrected chi connectivity index (χ2v) is 6.24. The number of nitrogens with one attached hydrogen (secondary N) is 1. The Balaban J connectivity index is 3.31. The molecule has 1 atom stereocenters. The van der Waals surface area contributed by atoms with Gasteiger partial charge in [-0.05, 0) is 36.5 Å². The van der Waals surface area contributed by atoms with Gasteiger partial charge < -0.3 is 19.5 Å². The monoisotopic (exact) mass is 348 g/mol. The predicted octanol–water partition coefficient (Wildman–Crippen LogP) is 3.05. The first-order valence-corrected chi connectivity index (χ1v) is 8.32. The third kappa shape index (κ3) is 4.56. The van der Waals surface area contributed by atoms with Crippen molar-refractivity contribution in [3.63, 3.8) is 0 Å². The number of hydrogen-bond donors (Lipinski definition) is 1. The Morgan fingerprint density at radius 1 is 1.20 bits per heavy atom. The number of nitrogens with zero attached hydrogens (tertiary/aromatic N) is 1. The van der Waals surface area contributed by atoms with Crippen LogP contribution in [0.1, 0.15) is 39.2 Å². The highest BCUT2D eigenvalue weighted by atomic mass is 16.5. The zero-order valence-corrected chi connectivity index (χ0v) is 15.9. The van der Waals surface area contributed by atoms with E-state index in [1.807, 2.05) is 26.0 Å². The van der Waals surface area contributed by atoms with Crippen LogP contribution in [0.25, 0.3) is 0 Å². The molecule has 0 saturated heterocycles. The summed E-state index contributed by atoms with van der Waals surface area (Å²) in [6, 6.07) is 6.17. The van der Waals surface area contributed by atoms with E-state index in [-0.39, 0.29) is 11.8 Å². The van der Waals surface area contributed by atoms with Gasteiger partial charge in [-0.1, -0.05) is 13.8 Å². The second-order valence-electron chi connectivity index (χ2n) is 6.24. The summed E-state index contributed by atoms with van der Waals surface area (Å²) in [4.78, 5) is 11.1. The van der Waals surface area contributed by atoms with Crippen LogP contribution in [0.15, 0.2) is 12.1 Å². The molecule has 0 radical (unpaired) electrons. The van der Waals surface area contributed by atoms with Crippen LogP contribution >= 0.6 is 0 Å². The fourth-order valence-electron chi connectivity index (χ4n) is 2.99. The van der Waals surface area contributed by atoms with Crippen molar-refractivity contribution in [3.05, 3.63) is 17.7 Å². The standard InChI is InChI=1S/C19H28N2O4/c1-13(2)19(12-20,8-7-9-21-14(3)22)15-10-16(23-4)18(25-6)17(11-15)24-5/h10-11,13H,7-9H2,1-6H3,(H,21,22). The Kier molecular flexibility index (Phi) is 7.56. The molecule has 0 saturated carbocycles. The Labute approximate surface area is 150 Å². The number of nitriles is 1. The largest absolute Gasteiger partial charge is 0.493 e. The van der Waals surface area contributed by atoms with E-state index in [0.717, 1.165) is 5.56 Å². The van der Waals surface area contributed by atoms with Gasteiger partial charge in [0.1, 0.15) is 0 Å². The van der Waals surface area contributed by atoms with Crippen LogP contribution in [0, 0.1) is 17.2 Å². The summed E-state index contributed by atoms with van der Waals surface area (Å²) in [6.45, 7) is 6.06. The van der Waals surface area contributed by atoms with Gasteiger partial charge in [0.2, 0.25) is 11.7 Å². The van der Waals surface area contributed by atoms with Gasteiger partial charge in [-0.25, -0.2) is 0 Å². The quantitative estimate of drug-likeness (QED) is 0.694. The van der Waals surface area contributed by atoms with E-state index in [4.69, 9.17) is 14.2 Å². The number of ether oxygens (including phenoxy) is 3. The highest BCUT2D eigenvalue weighted by Crippen LogP contribution is 2.45. The van der Waals surface area contributed by atoms with E-state index in [0.29, 0.717) is 36.6 Å². The van der Waals surface area contributed by atoms with E-state index >= 15 is 0 Å². The first-order chi connectivity index (χ1) is 11.9. The van der Waals surface area contributed by atoms with Crippen LogP contribution in [0.3, 0.4) is 0 Å². The summed E-state index contributed by atoms with van der Waals surface area (Å²) in [6.07, 6.45) is 1.31. The van der Waals surface area contributed by atoms with Gasteiger partial charge in [0.15, 0.2) is 11.5 Å². The zero-order valence-electron chi connectivity index (χ0n) is 15.9. The third-order valence-electron chi connectivity index (χ3n) is 4.49. The minimum atomic E-state index is -0.717. The van der Waals surface area contributed by atoms with Gasteiger partial charge in [0.25, 0.3) is 0 Å². The van der Waals surface area contributed by atoms with Crippen LogP contribution in [-0.2, 0) is 10.2 Å². The van der Waals surface area contributed by atoms with Gasteiger partial charge >= 0.3 is 0 Å². The second kappa shape index (κ2) is 9.16. The van der Waals surface area contributed by atoms with Crippen LogP contribution in [-0.4, -0.2) is 33.8 Å². The molecule has 0 aliphatic heterocycles. The Morgan fingerprint density at radius 2 is 1.76 bits per heavy atom. The SMILES string of the molecule is COc1cc(C(C#N)(CCCNC(C)=O)C(C)C)cc(OC)c1OC. The van der Waals surface area contributed by atoms with Gasteiger partial charge in [-0.15, -0.1) is 0 Å². The van der Waals surface area contributed by atoms with Crippen LogP contribution in [0.5, 0.6) is 17.2 Å². The molecule has 1 amide bonds. The Morgan fingerprint density at radius 3 is 2.12 bits per heavy atom. The van der Waals surface area contributed by atoms with Crippen molar-refractivity contribution in [2.45, 2.75) is 39.0 Å². The fraction of sp³-hybridized carbons (Fsp3) is 0.579. The molecule has 1 unspecified atom stereocenters. The molecule has 138 valence electrons. The van der Waals surface area contributed by atoms with Crippen molar-refractivity contribution < 1.29 is 19.0 Å².